The molecule has 1 saturated heterocycles. The van der Waals surface area contributed by atoms with Crippen LogP contribution in [0.1, 0.15) is 34.9 Å². The number of fused-ring (bicyclic) bond motifs is 1. The molecule has 28 heavy (non-hydrogen) atoms. The first-order valence-corrected chi connectivity index (χ1v) is 9.59. The summed E-state index contributed by atoms with van der Waals surface area (Å²) in [6.45, 7) is 2.48. The number of methoxy groups -OCH3 is 1. The van der Waals surface area contributed by atoms with Crippen LogP contribution in [0.25, 0.3) is 10.9 Å². The minimum atomic E-state index is -0.316. The minimum absolute atomic E-state index is 0.0458. The van der Waals surface area contributed by atoms with Crippen molar-refractivity contribution < 1.29 is 13.9 Å². The molecule has 1 atom stereocenters. The van der Waals surface area contributed by atoms with Gasteiger partial charge in [0.25, 0.3) is 5.91 Å². The van der Waals surface area contributed by atoms with Gasteiger partial charge in [-0.1, -0.05) is 18.2 Å². The van der Waals surface area contributed by atoms with Crippen LogP contribution in [0.15, 0.2) is 48.5 Å². The van der Waals surface area contributed by atoms with Crippen LogP contribution in [0.5, 0.6) is 5.75 Å². The maximum atomic E-state index is 13.4. The summed E-state index contributed by atoms with van der Waals surface area (Å²) in [5, 5.41) is 3.73. The SMILES string of the molecule is COc1ccccc1C(CNC(=O)c1cc2cc(F)ccc2[nH]1)N1CCCC1. The average Bonchev–Trinajstić information content (AvgIpc) is 3.38. The number of nitrogens with one attached hydrogen (secondary N) is 2. The van der Waals surface area contributed by atoms with Gasteiger partial charge in [-0.2, -0.15) is 0 Å². The van der Waals surface area contributed by atoms with Gasteiger partial charge in [0.1, 0.15) is 17.3 Å². The Kier molecular flexibility index (Phi) is 5.30. The van der Waals surface area contributed by atoms with E-state index in [9.17, 15) is 9.18 Å². The van der Waals surface area contributed by atoms with Crippen molar-refractivity contribution in [2.75, 3.05) is 26.7 Å². The molecule has 1 fully saturated rings. The highest BCUT2D eigenvalue weighted by atomic mass is 19.1. The topological polar surface area (TPSA) is 57.4 Å². The number of halogens is 1. The third-order valence-corrected chi connectivity index (χ3v) is 5.36. The van der Waals surface area contributed by atoms with E-state index in [1.165, 1.54) is 12.1 Å². The quantitative estimate of drug-likeness (QED) is 0.681. The maximum Gasteiger partial charge on any atom is 0.267 e. The van der Waals surface area contributed by atoms with Gasteiger partial charge in [-0.05, 0) is 56.3 Å². The fourth-order valence-corrected chi connectivity index (χ4v) is 3.94. The van der Waals surface area contributed by atoms with Crippen molar-refractivity contribution >= 4 is 16.8 Å². The molecule has 0 bridgehead atoms. The lowest BCUT2D eigenvalue weighted by Crippen LogP contribution is -2.37. The van der Waals surface area contributed by atoms with E-state index in [0.29, 0.717) is 17.6 Å². The average molecular weight is 381 g/mol. The number of amides is 1. The number of para-hydroxylation sites is 1. The number of hydrogen-bond acceptors (Lipinski definition) is 3. The predicted octanol–water partition coefficient (Wildman–Crippen LogP) is 3.88. The van der Waals surface area contributed by atoms with Crippen LogP contribution < -0.4 is 10.1 Å². The van der Waals surface area contributed by atoms with Crippen molar-refractivity contribution in [3.63, 3.8) is 0 Å². The summed E-state index contributed by atoms with van der Waals surface area (Å²) in [4.78, 5) is 18.2. The zero-order valence-electron chi connectivity index (χ0n) is 15.9. The molecule has 6 heteroatoms. The lowest BCUT2D eigenvalue weighted by molar-refractivity contribution is 0.0933. The molecule has 1 aliphatic rings. The number of nitrogens with zero attached hydrogens (tertiary/aromatic N) is 1. The molecular formula is C22H24FN3O2. The molecule has 1 aliphatic heterocycles. The standard InChI is InChI=1S/C22H24FN3O2/c1-28-21-7-3-2-6-17(21)20(26-10-4-5-11-26)14-24-22(27)19-13-15-12-16(23)8-9-18(15)25-19/h2-3,6-9,12-13,20,25H,4-5,10-11,14H2,1H3,(H,24,27). The second kappa shape index (κ2) is 8.02. The molecule has 2 heterocycles. The molecule has 0 spiro atoms. The first-order chi connectivity index (χ1) is 13.7. The molecule has 2 N–H and O–H groups in total. The lowest BCUT2D eigenvalue weighted by Gasteiger charge is -2.29. The van der Waals surface area contributed by atoms with E-state index in [2.05, 4.69) is 21.3 Å². The minimum Gasteiger partial charge on any atom is -0.496 e. The third-order valence-electron chi connectivity index (χ3n) is 5.36. The molecule has 1 amide bonds. The van der Waals surface area contributed by atoms with Crippen LogP contribution >= 0.6 is 0 Å². The summed E-state index contributed by atoms with van der Waals surface area (Å²) >= 11 is 0. The first kappa shape index (κ1) is 18.5. The predicted molar refractivity (Wildman–Crippen MR) is 107 cm³/mol. The number of carbonyl (C=O) groups is 1. The Balaban J connectivity index is 1.54. The number of benzene rings is 2. The molecule has 1 unspecified atom stereocenters. The van der Waals surface area contributed by atoms with Gasteiger partial charge in [0.15, 0.2) is 0 Å². The molecule has 146 valence electrons. The molecule has 4 rings (SSSR count). The maximum absolute atomic E-state index is 13.4. The van der Waals surface area contributed by atoms with E-state index < -0.39 is 0 Å². The molecule has 1 aromatic heterocycles. The Morgan fingerprint density at radius 2 is 2.00 bits per heavy atom. The second-order valence-corrected chi connectivity index (χ2v) is 7.13. The van der Waals surface area contributed by atoms with Crippen molar-refractivity contribution in [3.8, 4) is 5.75 Å². The number of hydrogen-bond donors (Lipinski definition) is 2. The summed E-state index contributed by atoms with van der Waals surface area (Å²) in [5.74, 6) is 0.314. The summed E-state index contributed by atoms with van der Waals surface area (Å²) in [5.41, 5.74) is 2.25. The Labute approximate surface area is 163 Å². The van der Waals surface area contributed by atoms with Crippen molar-refractivity contribution in [3.05, 3.63) is 65.6 Å². The summed E-state index contributed by atoms with van der Waals surface area (Å²) in [6, 6.07) is 14.1. The van der Waals surface area contributed by atoms with Gasteiger partial charge < -0.3 is 15.0 Å². The van der Waals surface area contributed by atoms with Crippen molar-refractivity contribution in [2.45, 2.75) is 18.9 Å². The Hall–Kier alpha value is -2.86. The molecule has 3 aromatic rings. The lowest BCUT2D eigenvalue weighted by atomic mass is 10.0. The fraction of sp³-hybridized carbons (Fsp3) is 0.318. The number of H-pyrrole nitrogens is 1. The number of likely N-dealkylation sites (tertiary alicyclic amines) is 1. The highest BCUT2D eigenvalue weighted by molar-refractivity contribution is 5.98. The zero-order valence-corrected chi connectivity index (χ0v) is 15.9. The Morgan fingerprint density at radius 1 is 1.21 bits per heavy atom. The molecular weight excluding hydrogens is 357 g/mol. The summed E-state index contributed by atoms with van der Waals surface area (Å²) in [7, 11) is 1.67. The largest absolute Gasteiger partial charge is 0.496 e. The van der Waals surface area contributed by atoms with Gasteiger partial charge >= 0.3 is 0 Å². The zero-order chi connectivity index (χ0) is 19.5. The monoisotopic (exact) mass is 381 g/mol. The first-order valence-electron chi connectivity index (χ1n) is 9.59. The summed E-state index contributed by atoms with van der Waals surface area (Å²) in [6.07, 6.45) is 2.32. The van der Waals surface area contributed by atoms with Crippen LogP contribution in [-0.4, -0.2) is 42.5 Å². The van der Waals surface area contributed by atoms with Gasteiger partial charge in [0.2, 0.25) is 0 Å². The summed E-state index contributed by atoms with van der Waals surface area (Å²) < 4.78 is 18.9. The highest BCUT2D eigenvalue weighted by Crippen LogP contribution is 2.31. The van der Waals surface area contributed by atoms with Gasteiger partial charge in [0, 0.05) is 23.0 Å². The van der Waals surface area contributed by atoms with E-state index in [0.717, 1.165) is 42.8 Å². The number of ether oxygens (including phenoxy) is 1. The van der Waals surface area contributed by atoms with Crippen LogP contribution in [0.2, 0.25) is 0 Å². The van der Waals surface area contributed by atoms with E-state index in [4.69, 9.17) is 4.74 Å². The molecule has 5 nitrogen and oxygen atoms in total. The van der Waals surface area contributed by atoms with E-state index in [1.807, 2.05) is 18.2 Å². The second-order valence-electron chi connectivity index (χ2n) is 7.13. The van der Waals surface area contributed by atoms with E-state index in [1.54, 1.807) is 19.2 Å². The fourth-order valence-electron chi connectivity index (χ4n) is 3.94. The molecule has 0 saturated carbocycles. The normalized spacial score (nSPS) is 15.6. The Bertz CT molecular complexity index is 979. The molecule has 0 radical (unpaired) electrons. The van der Waals surface area contributed by atoms with Gasteiger partial charge in [-0.25, -0.2) is 4.39 Å². The van der Waals surface area contributed by atoms with Crippen LogP contribution in [0.4, 0.5) is 4.39 Å². The van der Waals surface area contributed by atoms with Gasteiger partial charge in [-0.15, -0.1) is 0 Å². The van der Waals surface area contributed by atoms with Crippen molar-refractivity contribution in [2.24, 2.45) is 0 Å². The number of carbonyl (C=O) groups excluding carboxylic acids is 1. The Morgan fingerprint density at radius 3 is 2.79 bits per heavy atom. The van der Waals surface area contributed by atoms with E-state index >= 15 is 0 Å². The van der Waals surface area contributed by atoms with Crippen molar-refractivity contribution in [1.29, 1.82) is 0 Å². The van der Waals surface area contributed by atoms with Crippen LogP contribution in [0, 0.1) is 5.82 Å². The third kappa shape index (κ3) is 3.73. The smallest absolute Gasteiger partial charge is 0.267 e. The van der Waals surface area contributed by atoms with Crippen LogP contribution in [-0.2, 0) is 0 Å². The van der Waals surface area contributed by atoms with Gasteiger partial charge in [0.05, 0.1) is 13.2 Å². The number of aromatic amines is 1. The van der Waals surface area contributed by atoms with Gasteiger partial charge in [-0.3, -0.25) is 9.69 Å². The highest BCUT2D eigenvalue weighted by Gasteiger charge is 2.26. The number of aromatic nitrogens is 1. The van der Waals surface area contributed by atoms with Crippen LogP contribution in [0.3, 0.4) is 0 Å². The number of rotatable bonds is 6. The van der Waals surface area contributed by atoms with E-state index in [-0.39, 0.29) is 17.8 Å². The molecule has 2 aromatic carbocycles. The van der Waals surface area contributed by atoms with Crippen molar-refractivity contribution in [1.82, 2.24) is 15.2 Å². The molecule has 0 aliphatic carbocycles.